The number of rotatable bonds is 8. The summed E-state index contributed by atoms with van der Waals surface area (Å²) in [6.45, 7) is 0.947. The molecule has 0 atom stereocenters. The first-order valence-electron chi connectivity index (χ1n) is 9.84. The molecule has 0 unspecified atom stereocenters. The fraction of sp³-hybridized carbons (Fsp3) is 0.409. The summed E-state index contributed by atoms with van der Waals surface area (Å²) >= 11 is 0. The van der Waals surface area contributed by atoms with E-state index in [1.165, 1.54) is 0 Å². The molecule has 0 aliphatic carbocycles. The number of ether oxygens (including phenoxy) is 2. The van der Waals surface area contributed by atoms with Gasteiger partial charge in [0.1, 0.15) is 5.69 Å². The monoisotopic (exact) mass is 397 g/mol. The van der Waals surface area contributed by atoms with Crippen molar-refractivity contribution in [1.82, 2.24) is 10.3 Å². The molecule has 1 aliphatic rings. The van der Waals surface area contributed by atoms with Gasteiger partial charge in [0.25, 0.3) is 5.91 Å². The van der Waals surface area contributed by atoms with E-state index in [9.17, 15) is 9.59 Å². The van der Waals surface area contributed by atoms with Crippen LogP contribution in [0.4, 0.5) is 0 Å². The molecule has 1 aromatic heterocycles. The fourth-order valence-corrected chi connectivity index (χ4v) is 3.19. The molecular formula is C22H27N3O4. The number of amides is 1. The van der Waals surface area contributed by atoms with E-state index in [1.807, 2.05) is 30.3 Å². The van der Waals surface area contributed by atoms with Crippen molar-refractivity contribution in [2.75, 3.05) is 20.3 Å². The number of nitrogens with one attached hydrogen (secondary N) is 1. The van der Waals surface area contributed by atoms with Gasteiger partial charge in [0.2, 0.25) is 0 Å². The van der Waals surface area contributed by atoms with Gasteiger partial charge >= 0.3 is 0 Å². The minimum atomic E-state index is -0.311. The molecule has 2 aromatic rings. The number of carbonyl (C=O) groups is 2. The molecule has 7 heteroatoms. The number of Topliss-reactive ketones (excluding diaryl/α,β-unsaturated/α-hetero) is 1. The molecular weight excluding hydrogens is 370 g/mol. The summed E-state index contributed by atoms with van der Waals surface area (Å²) in [5.74, 6) is -0.339. The molecule has 1 saturated heterocycles. The van der Waals surface area contributed by atoms with E-state index >= 15 is 0 Å². The number of hydrogen-bond acceptors (Lipinski definition) is 6. The highest BCUT2D eigenvalue weighted by Gasteiger charge is 2.20. The average molecular weight is 397 g/mol. The van der Waals surface area contributed by atoms with Gasteiger partial charge in [-0.05, 0) is 30.5 Å². The summed E-state index contributed by atoms with van der Waals surface area (Å²) in [5, 5.41) is 2.57. The first kappa shape index (κ1) is 21.1. The molecule has 0 radical (unpaired) electrons. The molecule has 1 fully saturated rings. The second-order valence-corrected chi connectivity index (χ2v) is 7.15. The lowest BCUT2D eigenvalue weighted by molar-refractivity contribution is -0.188. The molecule has 0 spiro atoms. The van der Waals surface area contributed by atoms with Gasteiger partial charge in [-0.1, -0.05) is 30.3 Å². The van der Waals surface area contributed by atoms with Crippen LogP contribution < -0.4 is 11.1 Å². The lowest BCUT2D eigenvalue weighted by atomic mass is 10.0. The summed E-state index contributed by atoms with van der Waals surface area (Å²) in [5.41, 5.74) is 8.23. The third kappa shape index (κ3) is 6.19. The molecule has 1 aromatic carbocycles. The van der Waals surface area contributed by atoms with Crippen LogP contribution in [0.3, 0.4) is 0 Å². The number of carbonyl (C=O) groups excluding carboxylic acids is 2. The molecule has 1 aliphatic heterocycles. The maximum absolute atomic E-state index is 12.7. The summed E-state index contributed by atoms with van der Waals surface area (Å²) < 4.78 is 11.0. The SMILES string of the molecule is CNC(=O)c1cc(C(=O)CCCC2OCC(N)CO2)cc(Cc2ccccc2)n1. The maximum atomic E-state index is 12.7. The Labute approximate surface area is 170 Å². The van der Waals surface area contributed by atoms with Gasteiger partial charge in [0.05, 0.1) is 19.3 Å². The first-order valence-corrected chi connectivity index (χ1v) is 9.84. The van der Waals surface area contributed by atoms with E-state index in [1.54, 1.807) is 19.2 Å². The van der Waals surface area contributed by atoms with Gasteiger partial charge in [0.15, 0.2) is 12.1 Å². The molecule has 0 saturated carbocycles. The zero-order valence-electron chi connectivity index (χ0n) is 16.6. The lowest BCUT2D eigenvalue weighted by Gasteiger charge is -2.27. The fourth-order valence-electron chi connectivity index (χ4n) is 3.19. The van der Waals surface area contributed by atoms with Crippen molar-refractivity contribution < 1.29 is 19.1 Å². The van der Waals surface area contributed by atoms with Crippen LogP contribution in [0.15, 0.2) is 42.5 Å². The van der Waals surface area contributed by atoms with Gasteiger partial charge in [-0.2, -0.15) is 0 Å². The quantitative estimate of drug-likeness (QED) is 0.661. The van der Waals surface area contributed by atoms with Crippen molar-refractivity contribution in [3.05, 3.63) is 65.0 Å². The normalized spacial score (nSPS) is 19.0. The second-order valence-electron chi connectivity index (χ2n) is 7.15. The predicted octanol–water partition coefficient (Wildman–Crippen LogP) is 2.09. The van der Waals surface area contributed by atoms with E-state index in [4.69, 9.17) is 15.2 Å². The third-order valence-electron chi connectivity index (χ3n) is 4.72. The van der Waals surface area contributed by atoms with Gasteiger partial charge in [-0.25, -0.2) is 4.98 Å². The van der Waals surface area contributed by atoms with Crippen LogP contribution in [0.1, 0.15) is 51.4 Å². The molecule has 29 heavy (non-hydrogen) atoms. The summed E-state index contributed by atoms with van der Waals surface area (Å²) in [6.07, 6.45) is 1.84. The first-order chi connectivity index (χ1) is 14.0. The molecule has 1 amide bonds. The van der Waals surface area contributed by atoms with Crippen molar-refractivity contribution in [2.45, 2.75) is 38.0 Å². The maximum Gasteiger partial charge on any atom is 0.269 e. The predicted molar refractivity (Wildman–Crippen MR) is 109 cm³/mol. The average Bonchev–Trinajstić information content (AvgIpc) is 2.75. The number of ketones is 1. The Bertz CT molecular complexity index is 833. The Morgan fingerprint density at radius 1 is 1.17 bits per heavy atom. The zero-order valence-corrected chi connectivity index (χ0v) is 16.6. The summed E-state index contributed by atoms with van der Waals surface area (Å²) in [4.78, 5) is 29.3. The van der Waals surface area contributed by atoms with Crippen molar-refractivity contribution >= 4 is 11.7 Å². The minimum absolute atomic E-state index is 0.0284. The number of nitrogens with zero attached hydrogens (tertiary/aromatic N) is 1. The number of hydrogen-bond donors (Lipinski definition) is 2. The molecule has 3 rings (SSSR count). The van der Waals surface area contributed by atoms with Crippen LogP contribution in [-0.2, 0) is 15.9 Å². The van der Waals surface area contributed by atoms with Crippen molar-refractivity contribution in [3.8, 4) is 0 Å². The van der Waals surface area contributed by atoms with Crippen LogP contribution in [0.2, 0.25) is 0 Å². The van der Waals surface area contributed by atoms with Crippen LogP contribution in [-0.4, -0.2) is 49.3 Å². The number of nitrogens with two attached hydrogens (primary N) is 1. The van der Waals surface area contributed by atoms with Gasteiger partial charge < -0.3 is 20.5 Å². The number of benzene rings is 1. The largest absolute Gasteiger partial charge is 0.354 e. The van der Waals surface area contributed by atoms with Crippen LogP contribution in [0.5, 0.6) is 0 Å². The Morgan fingerprint density at radius 2 is 1.90 bits per heavy atom. The zero-order chi connectivity index (χ0) is 20.6. The molecule has 0 bridgehead atoms. The molecule has 3 N–H and O–H groups in total. The third-order valence-corrected chi connectivity index (χ3v) is 4.72. The van der Waals surface area contributed by atoms with Crippen molar-refractivity contribution in [2.24, 2.45) is 5.73 Å². The van der Waals surface area contributed by atoms with E-state index in [-0.39, 0.29) is 29.7 Å². The molecule has 154 valence electrons. The van der Waals surface area contributed by atoms with Gasteiger partial charge in [-0.15, -0.1) is 0 Å². The van der Waals surface area contributed by atoms with E-state index in [0.717, 1.165) is 5.56 Å². The highest BCUT2D eigenvalue weighted by Crippen LogP contribution is 2.17. The van der Waals surface area contributed by atoms with E-state index in [0.29, 0.717) is 50.2 Å². The molecule has 7 nitrogen and oxygen atoms in total. The number of aromatic nitrogens is 1. The van der Waals surface area contributed by atoms with Gasteiger partial charge in [-0.3, -0.25) is 9.59 Å². The Kier molecular flexibility index (Phi) is 7.46. The minimum Gasteiger partial charge on any atom is -0.354 e. The second kappa shape index (κ2) is 10.2. The smallest absolute Gasteiger partial charge is 0.269 e. The Balaban J connectivity index is 1.66. The van der Waals surface area contributed by atoms with Crippen LogP contribution in [0.25, 0.3) is 0 Å². The summed E-state index contributed by atoms with van der Waals surface area (Å²) in [7, 11) is 1.55. The van der Waals surface area contributed by atoms with Gasteiger partial charge in [0, 0.05) is 31.1 Å². The Hall–Kier alpha value is -2.61. The van der Waals surface area contributed by atoms with Crippen LogP contribution in [0, 0.1) is 0 Å². The lowest BCUT2D eigenvalue weighted by Crippen LogP contribution is -2.41. The standard InChI is InChI=1S/C22H27N3O4/c1-24-22(27)19-12-16(11-18(25-19)10-15-6-3-2-4-7-15)20(26)8-5-9-21-28-13-17(23)14-29-21/h2-4,6-7,11-12,17,21H,5,8-10,13-14,23H2,1H3,(H,24,27). The van der Waals surface area contributed by atoms with Crippen molar-refractivity contribution in [3.63, 3.8) is 0 Å². The van der Waals surface area contributed by atoms with Crippen LogP contribution >= 0.6 is 0 Å². The van der Waals surface area contributed by atoms with E-state index in [2.05, 4.69) is 10.3 Å². The highest BCUT2D eigenvalue weighted by atomic mass is 16.7. The summed E-state index contributed by atoms with van der Waals surface area (Å²) in [6, 6.07) is 13.1. The molecule has 2 heterocycles. The van der Waals surface area contributed by atoms with E-state index < -0.39 is 0 Å². The highest BCUT2D eigenvalue weighted by molar-refractivity contribution is 5.99. The Morgan fingerprint density at radius 3 is 2.59 bits per heavy atom. The van der Waals surface area contributed by atoms with Crippen molar-refractivity contribution in [1.29, 1.82) is 0 Å². The topological polar surface area (TPSA) is 104 Å². The number of pyridine rings is 1.